The second kappa shape index (κ2) is 7.51. The number of nitrogens with zero attached hydrogens (tertiary/aromatic N) is 1. The van der Waals surface area contributed by atoms with Crippen LogP contribution in [-0.4, -0.2) is 38.2 Å². The number of likely N-dealkylation sites (tertiary alicyclic amines) is 1. The van der Waals surface area contributed by atoms with Crippen LogP contribution in [-0.2, 0) is 6.54 Å². The Hall–Kier alpha value is -1.06. The molecule has 0 saturated carbocycles. The van der Waals surface area contributed by atoms with Gasteiger partial charge in [-0.1, -0.05) is 19.1 Å². The van der Waals surface area contributed by atoms with Gasteiger partial charge in [0, 0.05) is 13.1 Å². The van der Waals surface area contributed by atoms with Crippen LogP contribution >= 0.6 is 0 Å². The molecule has 0 bridgehead atoms. The van der Waals surface area contributed by atoms with Gasteiger partial charge in [0.2, 0.25) is 0 Å². The van der Waals surface area contributed by atoms with Crippen LogP contribution in [0, 0.1) is 5.92 Å². The first-order chi connectivity index (χ1) is 9.31. The van der Waals surface area contributed by atoms with Gasteiger partial charge >= 0.3 is 0 Å². The van der Waals surface area contributed by atoms with E-state index in [4.69, 9.17) is 4.74 Å². The number of hydrogen-bond acceptors (Lipinski definition) is 3. The van der Waals surface area contributed by atoms with Crippen LogP contribution in [0.25, 0.3) is 0 Å². The van der Waals surface area contributed by atoms with Gasteiger partial charge in [0.25, 0.3) is 0 Å². The van der Waals surface area contributed by atoms with E-state index in [1.54, 1.807) is 7.11 Å². The van der Waals surface area contributed by atoms with E-state index in [0.717, 1.165) is 31.3 Å². The Labute approximate surface area is 116 Å². The number of nitrogens with one attached hydrogen (secondary N) is 1. The second-order valence-electron chi connectivity index (χ2n) is 5.40. The van der Waals surface area contributed by atoms with Gasteiger partial charge in [0.05, 0.1) is 7.11 Å². The van der Waals surface area contributed by atoms with Crippen molar-refractivity contribution in [2.45, 2.75) is 26.3 Å². The Morgan fingerprint density at radius 3 is 3.11 bits per heavy atom. The maximum absolute atomic E-state index is 5.29. The van der Waals surface area contributed by atoms with Gasteiger partial charge in [0.1, 0.15) is 5.75 Å². The minimum absolute atomic E-state index is 0.805. The second-order valence-corrected chi connectivity index (χ2v) is 5.40. The van der Waals surface area contributed by atoms with Crippen molar-refractivity contribution >= 4 is 0 Å². The molecule has 0 aliphatic carbocycles. The lowest BCUT2D eigenvalue weighted by Crippen LogP contribution is -2.39. The van der Waals surface area contributed by atoms with E-state index < -0.39 is 0 Å². The molecule has 3 nitrogen and oxygen atoms in total. The zero-order valence-electron chi connectivity index (χ0n) is 12.2. The van der Waals surface area contributed by atoms with E-state index in [2.05, 4.69) is 35.3 Å². The molecule has 1 saturated heterocycles. The molecule has 1 aliphatic rings. The minimum Gasteiger partial charge on any atom is -0.497 e. The average molecular weight is 262 g/mol. The Bertz CT molecular complexity index is 381. The molecule has 1 fully saturated rings. The smallest absolute Gasteiger partial charge is 0.119 e. The zero-order valence-corrected chi connectivity index (χ0v) is 12.2. The van der Waals surface area contributed by atoms with Gasteiger partial charge in [0.15, 0.2) is 0 Å². The zero-order chi connectivity index (χ0) is 13.5. The van der Waals surface area contributed by atoms with E-state index in [-0.39, 0.29) is 0 Å². The molecule has 0 amide bonds. The fourth-order valence-corrected chi connectivity index (χ4v) is 2.84. The normalized spacial score (nSPS) is 20.4. The van der Waals surface area contributed by atoms with Gasteiger partial charge in [-0.3, -0.25) is 4.90 Å². The molecule has 0 aromatic heterocycles. The standard InChI is InChI=1S/C16H26N2O/c1-3-17-11-15-7-5-9-18(13-15)12-14-6-4-8-16(10-14)19-2/h4,6,8,10,15,17H,3,5,7,9,11-13H2,1-2H3. The topological polar surface area (TPSA) is 24.5 Å². The predicted octanol–water partition coefficient (Wildman–Crippen LogP) is 2.52. The summed E-state index contributed by atoms with van der Waals surface area (Å²) in [5.41, 5.74) is 1.35. The van der Waals surface area contributed by atoms with Crippen molar-refractivity contribution < 1.29 is 4.74 Å². The number of methoxy groups -OCH3 is 1. The molecule has 3 heteroatoms. The molecule has 1 N–H and O–H groups in total. The summed E-state index contributed by atoms with van der Waals surface area (Å²) >= 11 is 0. The van der Waals surface area contributed by atoms with Crippen molar-refractivity contribution in [1.29, 1.82) is 0 Å². The summed E-state index contributed by atoms with van der Waals surface area (Å²) in [6, 6.07) is 8.42. The predicted molar refractivity (Wildman–Crippen MR) is 79.5 cm³/mol. The Morgan fingerprint density at radius 1 is 1.42 bits per heavy atom. The van der Waals surface area contributed by atoms with Crippen LogP contribution in [0.3, 0.4) is 0 Å². The number of benzene rings is 1. The number of ether oxygens (including phenoxy) is 1. The molecule has 1 atom stereocenters. The molecule has 2 rings (SSSR count). The van der Waals surface area contributed by atoms with E-state index in [1.165, 1.54) is 31.5 Å². The lowest BCUT2D eigenvalue weighted by atomic mass is 9.97. The maximum atomic E-state index is 5.29. The van der Waals surface area contributed by atoms with E-state index >= 15 is 0 Å². The molecule has 1 aromatic rings. The van der Waals surface area contributed by atoms with Crippen LogP contribution in [0.1, 0.15) is 25.3 Å². The molecule has 19 heavy (non-hydrogen) atoms. The van der Waals surface area contributed by atoms with Crippen LogP contribution in [0.2, 0.25) is 0 Å². The summed E-state index contributed by atoms with van der Waals surface area (Å²) in [6.45, 7) is 7.89. The van der Waals surface area contributed by atoms with Crippen molar-refractivity contribution in [3.05, 3.63) is 29.8 Å². The van der Waals surface area contributed by atoms with Crippen molar-refractivity contribution in [2.75, 3.05) is 33.3 Å². The van der Waals surface area contributed by atoms with Gasteiger partial charge in [-0.15, -0.1) is 0 Å². The molecule has 0 radical (unpaired) electrons. The molecule has 1 aliphatic heterocycles. The minimum atomic E-state index is 0.805. The quantitative estimate of drug-likeness (QED) is 0.852. The summed E-state index contributed by atoms with van der Waals surface area (Å²) < 4.78 is 5.29. The van der Waals surface area contributed by atoms with Crippen LogP contribution in [0.4, 0.5) is 0 Å². The molecule has 1 aromatic carbocycles. The molecular formula is C16H26N2O. The first kappa shape index (κ1) is 14.4. The Balaban J connectivity index is 1.87. The molecule has 1 heterocycles. The lowest BCUT2D eigenvalue weighted by molar-refractivity contribution is 0.165. The number of rotatable bonds is 6. The summed E-state index contributed by atoms with van der Waals surface area (Å²) in [4.78, 5) is 2.57. The van der Waals surface area contributed by atoms with Gasteiger partial charge in [-0.25, -0.2) is 0 Å². The third-order valence-corrected chi connectivity index (χ3v) is 3.83. The van der Waals surface area contributed by atoms with Crippen LogP contribution < -0.4 is 10.1 Å². The van der Waals surface area contributed by atoms with Crippen LogP contribution in [0.5, 0.6) is 5.75 Å². The highest BCUT2D eigenvalue weighted by Crippen LogP contribution is 2.20. The van der Waals surface area contributed by atoms with Crippen LogP contribution in [0.15, 0.2) is 24.3 Å². The van der Waals surface area contributed by atoms with Gasteiger partial charge in [-0.05, 0) is 56.1 Å². The molecule has 1 unspecified atom stereocenters. The largest absolute Gasteiger partial charge is 0.497 e. The van der Waals surface area contributed by atoms with E-state index in [0.29, 0.717) is 0 Å². The van der Waals surface area contributed by atoms with E-state index in [9.17, 15) is 0 Å². The summed E-state index contributed by atoms with van der Waals surface area (Å²) in [7, 11) is 1.73. The molecule has 0 spiro atoms. The first-order valence-corrected chi connectivity index (χ1v) is 7.37. The molecule has 106 valence electrons. The lowest BCUT2D eigenvalue weighted by Gasteiger charge is -2.33. The number of piperidine rings is 1. The SMILES string of the molecule is CCNCC1CCCN(Cc2cccc(OC)c2)C1. The highest BCUT2D eigenvalue weighted by molar-refractivity contribution is 5.28. The fraction of sp³-hybridized carbons (Fsp3) is 0.625. The highest BCUT2D eigenvalue weighted by Gasteiger charge is 2.19. The average Bonchev–Trinajstić information content (AvgIpc) is 2.46. The first-order valence-electron chi connectivity index (χ1n) is 7.37. The third kappa shape index (κ3) is 4.51. The van der Waals surface area contributed by atoms with Gasteiger partial charge in [-0.2, -0.15) is 0 Å². The van der Waals surface area contributed by atoms with Gasteiger partial charge < -0.3 is 10.1 Å². The maximum Gasteiger partial charge on any atom is 0.119 e. The fourth-order valence-electron chi connectivity index (χ4n) is 2.84. The molecular weight excluding hydrogens is 236 g/mol. The van der Waals surface area contributed by atoms with E-state index in [1.807, 2.05) is 6.07 Å². The van der Waals surface area contributed by atoms with Crippen molar-refractivity contribution in [1.82, 2.24) is 10.2 Å². The summed E-state index contributed by atoms with van der Waals surface area (Å²) in [5.74, 6) is 1.76. The van der Waals surface area contributed by atoms with Crippen molar-refractivity contribution in [3.8, 4) is 5.75 Å². The highest BCUT2D eigenvalue weighted by atomic mass is 16.5. The monoisotopic (exact) mass is 262 g/mol. The Kier molecular flexibility index (Phi) is 5.67. The summed E-state index contributed by atoms with van der Waals surface area (Å²) in [6.07, 6.45) is 2.68. The van der Waals surface area contributed by atoms with Crippen molar-refractivity contribution in [2.24, 2.45) is 5.92 Å². The third-order valence-electron chi connectivity index (χ3n) is 3.83. The van der Waals surface area contributed by atoms with Crippen molar-refractivity contribution in [3.63, 3.8) is 0 Å². The number of hydrogen-bond donors (Lipinski definition) is 1. The Morgan fingerprint density at radius 2 is 2.32 bits per heavy atom. The summed E-state index contributed by atoms with van der Waals surface area (Å²) in [5, 5.41) is 3.47.